The maximum atomic E-state index is 3.77. The van der Waals surface area contributed by atoms with E-state index in [9.17, 15) is 0 Å². The van der Waals surface area contributed by atoms with Crippen molar-refractivity contribution in [3.05, 3.63) is 0 Å². The summed E-state index contributed by atoms with van der Waals surface area (Å²) in [5.74, 6) is 0.895. The monoisotopic (exact) mass is 252 g/mol. The molecule has 0 aromatic rings. The summed E-state index contributed by atoms with van der Waals surface area (Å²) in [6.07, 6.45) is 9.92. The molecular formula is C16H32N2. The molecule has 1 saturated heterocycles. The molecule has 1 heterocycles. The Morgan fingerprint density at radius 1 is 1.00 bits per heavy atom. The van der Waals surface area contributed by atoms with Crippen LogP contribution in [0.2, 0.25) is 0 Å². The van der Waals surface area contributed by atoms with Crippen LogP contribution in [-0.4, -0.2) is 36.1 Å². The third-order valence-electron chi connectivity index (χ3n) is 5.04. The standard InChI is InChI=1S/C16H32N2/c1-4-17-15-8-6-5-7-9-16(15)18-12-13(2)10-11-14(18)3/h13-17H,4-12H2,1-3H3. The molecule has 2 aliphatic rings. The highest BCUT2D eigenvalue weighted by Gasteiger charge is 2.33. The minimum absolute atomic E-state index is 0.741. The maximum Gasteiger partial charge on any atom is 0.0252 e. The molecule has 4 unspecified atom stereocenters. The Kier molecular flexibility index (Phi) is 5.50. The highest BCUT2D eigenvalue weighted by atomic mass is 15.2. The van der Waals surface area contributed by atoms with Crippen molar-refractivity contribution in [1.29, 1.82) is 0 Å². The van der Waals surface area contributed by atoms with Crippen LogP contribution in [0.1, 0.15) is 65.7 Å². The van der Waals surface area contributed by atoms with Crippen molar-refractivity contribution in [1.82, 2.24) is 10.2 Å². The summed E-state index contributed by atoms with van der Waals surface area (Å²) in [7, 11) is 0. The first-order chi connectivity index (χ1) is 8.72. The predicted molar refractivity (Wildman–Crippen MR) is 78.9 cm³/mol. The molecule has 1 saturated carbocycles. The molecule has 1 aliphatic carbocycles. The second kappa shape index (κ2) is 6.91. The zero-order valence-corrected chi connectivity index (χ0v) is 12.6. The minimum atomic E-state index is 0.741. The molecule has 0 amide bonds. The molecule has 0 aromatic carbocycles. The van der Waals surface area contributed by atoms with Crippen LogP contribution < -0.4 is 5.32 Å². The van der Waals surface area contributed by atoms with E-state index in [-0.39, 0.29) is 0 Å². The first-order valence-electron chi connectivity index (χ1n) is 8.21. The third-order valence-corrected chi connectivity index (χ3v) is 5.04. The number of rotatable bonds is 3. The van der Waals surface area contributed by atoms with Gasteiger partial charge in [0.15, 0.2) is 0 Å². The molecule has 4 atom stereocenters. The minimum Gasteiger partial charge on any atom is -0.313 e. The number of nitrogens with one attached hydrogen (secondary N) is 1. The molecular weight excluding hydrogens is 220 g/mol. The molecule has 2 heteroatoms. The van der Waals surface area contributed by atoms with Gasteiger partial charge < -0.3 is 5.32 Å². The Morgan fingerprint density at radius 2 is 1.78 bits per heavy atom. The lowest BCUT2D eigenvalue weighted by Gasteiger charge is -2.45. The van der Waals surface area contributed by atoms with Crippen LogP contribution in [0, 0.1) is 5.92 Å². The van der Waals surface area contributed by atoms with Crippen LogP contribution in [-0.2, 0) is 0 Å². The van der Waals surface area contributed by atoms with E-state index in [1.54, 1.807) is 0 Å². The quantitative estimate of drug-likeness (QED) is 0.774. The number of nitrogens with zero attached hydrogens (tertiary/aromatic N) is 1. The summed E-state index contributed by atoms with van der Waals surface area (Å²) in [6, 6.07) is 2.33. The van der Waals surface area contributed by atoms with Crippen LogP contribution in [0.4, 0.5) is 0 Å². The Bertz CT molecular complexity index is 241. The molecule has 18 heavy (non-hydrogen) atoms. The summed E-state index contributed by atoms with van der Waals surface area (Å²) < 4.78 is 0. The van der Waals surface area contributed by atoms with Gasteiger partial charge in [0.05, 0.1) is 0 Å². The second-order valence-electron chi connectivity index (χ2n) is 6.60. The lowest BCUT2D eigenvalue weighted by atomic mass is 9.90. The average Bonchev–Trinajstić information content (AvgIpc) is 2.58. The van der Waals surface area contributed by atoms with Crippen molar-refractivity contribution >= 4 is 0 Å². The van der Waals surface area contributed by atoms with E-state index in [0.717, 1.165) is 30.6 Å². The van der Waals surface area contributed by atoms with Gasteiger partial charge in [-0.3, -0.25) is 4.90 Å². The fourth-order valence-corrected chi connectivity index (χ4v) is 3.97. The molecule has 1 N–H and O–H groups in total. The topological polar surface area (TPSA) is 15.3 Å². The largest absolute Gasteiger partial charge is 0.313 e. The van der Waals surface area contributed by atoms with Gasteiger partial charge in [0.2, 0.25) is 0 Å². The van der Waals surface area contributed by atoms with E-state index in [2.05, 4.69) is 31.0 Å². The van der Waals surface area contributed by atoms with Crippen LogP contribution in [0.5, 0.6) is 0 Å². The van der Waals surface area contributed by atoms with E-state index in [1.807, 2.05) is 0 Å². The number of likely N-dealkylation sites (tertiary alicyclic amines) is 1. The third kappa shape index (κ3) is 3.48. The highest BCUT2D eigenvalue weighted by molar-refractivity contribution is 4.91. The normalized spacial score (nSPS) is 39.5. The van der Waals surface area contributed by atoms with Gasteiger partial charge in [-0.05, 0) is 45.1 Å². The number of piperidine rings is 1. The molecule has 2 nitrogen and oxygen atoms in total. The smallest absolute Gasteiger partial charge is 0.0252 e. The van der Waals surface area contributed by atoms with E-state index < -0.39 is 0 Å². The van der Waals surface area contributed by atoms with E-state index in [4.69, 9.17) is 0 Å². The SMILES string of the molecule is CCNC1CCCCCC1N1CC(C)CCC1C. The fourth-order valence-electron chi connectivity index (χ4n) is 3.97. The van der Waals surface area contributed by atoms with Crippen molar-refractivity contribution in [2.75, 3.05) is 13.1 Å². The van der Waals surface area contributed by atoms with Crippen molar-refractivity contribution in [2.45, 2.75) is 83.8 Å². The number of likely N-dealkylation sites (N-methyl/N-ethyl adjacent to an activating group) is 1. The van der Waals surface area contributed by atoms with Gasteiger partial charge in [-0.2, -0.15) is 0 Å². The summed E-state index contributed by atoms with van der Waals surface area (Å²) in [4.78, 5) is 2.84. The Morgan fingerprint density at radius 3 is 2.56 bits per heavy atom. The molecule has 2 fully saturated rings. The van der Waals surface area contributed by atoms with Gasteiger partial charge in [0, 0.05) is 24.7 Å². The van der Waals surface area contributed by atoms with Crippen molar-refractivity contribution in [3.8, 4) is 0 Å². The number of hydrogen-bond acceptors (Lipinski definition) is 2. The van der Waals surface area contributed by atoms with E-state index in [0.29, 0.717) is 0 Å². The van der Waals surface area contributed by atoms with E-state index in [1.165, 1.54) is 51.5 Å². The molecule has 106 valence electrons. The van der Waals surface area contributed by atoms with Gasteiger partial charge in [0.25, 0.3) is 0 Å². The Labute approximate surface area is 114 Å². The average molecular weight is 252 g/mol. The zero-order valence-electron chi connectivity index (χ0n) is 12.6. The summed E-state index contributed by atoms with van der Waals surface area (Å²) in [5, 5.41) is 3.77. The zero-order chi connectivity index (χ0) is 13.0. The fraction of sp³-hybridized carbons (Fsp3) is 1.00. The summed E-state index contributed by atoms with van der Waals surface area (Å²) >= 11 is 0. The lowest BCUT2D eigenvalue weighted by Crippen LogP contribution is -2.55. The van der Waals surface area contributed by atoms with Crippen molar-refractivity contribution in [2.24, 2.45) is 5.92 Å². The van der Waals surface area contributed by atoms with Gasteiger partial charge in [-0.1, -0.05) is 33.1 Å². The van der Waals surface area contributed by atoms with Gasteiger partial charge in [-0.15, -0.1) is 0 Å². The Balaban J connectivity index is 2.05. The molecule has 2 rings (SSSR count). The van der Waals surface area contributed by atoms with Crippen molar-refractivity contribution in [3.63, 3.8) is 0 Å². The van der Waals surface area contributed by atoms with Crippen LogP contribution in [0.3, 0.4) is 0 Å². The molecule has 0 bridgehead atoms. The Hall–Kier alpha value is -0.0800. The highest BCUT2D eigenvalue weighted by Crippen LogP contribution is 2.30. The first-order valence-corrected chi connectivity index (χ1v) is 8.21. The van der Waals surface area contributed by atoms with Gasteiger partial charge >= 0.3 is 0 Å². The lowest BCUT2D eigenvalue weighted by molar-refractivity contribution is 0.0536. The summed E-state index contributed by atoms with van der Waals surface area (Å²) in [5.41, 5.74) is 0. The molecule has 0 aromatic heterocycles. The molecule has 1 aliphatic heterocycles. The first kappa shape index (κ1) is 14.3. The van der Waals surface area contributed by atoms with E-state index >= 15 is 0 Å². The van der Waals surface area contributed by atoms with Crippen LogP contribution >= 0.6 is 0 Å². The predicted octanol–water partition coefficient (Wildman–Crippen LogP) is 3.42. The molecule has 0 spiro atoms. The van der Waals surface area contributed by atoms with Gasteiger partial charge in [-0.25, -0.2) is 0 Å². The van der Waals surface area contributed by atoms with Crippen molar-refractivity contribution < 1.29 is 0 Å². The maximum absolute atomic E-state index is 3.77. The number of hydrogen-bond donors (Lipinski definition) is 1. The second-order valence-corrected chi connectivity index (χ2v) is 6.60. The summed E-state index contributed by atoms with van der Waals surface area (Å²) in [6.45, 7) is 9.58. The van der Waals surface area contributed by atoms with Crippen LogP contribution in [0.25, 0.3) is 0 Å². The van der Waals surface area contributed by atoms with Crippen LogP contribution in [0.15, 0.2) is 0 Å². The van der Waals surface area contributed by atoms with Gasteiger partial charge in [0.1, 0.15) is 0 Å². The molecule has 0 radical (unpaired) electrons.